The summed E-state index contributed by atoms with van der Waals surface area (Å²) in [6.45, 7) is 2.82. The summed E-state index contributed by atoms with van der Waals surface area (Å²) >= 11 is 0. The van der Waals surface area contributed by atoms with Crippen molar-refractivity contribution in [2.24, 2.45) is 0 Å². The lowest BCUT2D eigenvalue weighted by molar-refractivity contribution is -0.121. The molecule has 1 aliphatic heterocycles. The number of carbonyl (C=O) groups is 1. The summed E-state index contributed by atoms with van der Waals surface area (Å²) in [4.78, 5) is 14.5. The molecule has 6 heteroatoms. The number of hydrogen-bond acceptors (Lipinski definition) is 4. The van der Waals surface area contributed by atoms with E-state index in [0.717, 1.165) is 18.8 Å². The lowest BCUT2D eigenvalue weighted by Crippen LogP contribution is -2.40. The molecule has 5 nitrogen and oxygen atoms in total. The van der Waals surface area contributed by atoms with E-state index in [0.29, 0.717) is 12.3 Å². The van der Waals surface area contributed by atoms with E-state index in [1.807, 2.05) is 12.1 Å². The molecule has 3 rings (SSSR count). The van der Waals surface area contributed by atoms with Crippen LogP contribution in [0.2, 0.25) is 0 Å². The van der Waals surface area contributed by atoms with Crippen LogP contribution in [0.5, 0.6) is 5.75 Å². The Morgan fingerprint density at radius 3 is 2.65 bits per heavy atom. The Bertz CT molecular complexity index is 667. The molecule has 1 N–H and O–H groups in total. The molecule has 1 unspecified atom stereocenters. The maximum atomic E-state index is 12.9. The molecular formula is C20H25FN2O3. The third kappa shape index (κ3) is 5.33. The average molecular weight is 360 g/mol. The molecule has 2 heterocycles. The Balaban J connectivity index is 1.45. The third-order valence-electron chi connectivity index (χ3n) is 4.61. The van der Waals surface area contributed by atoms with Crippen molar-refractivity contribution >= 4 is 5.91 Å². The molecule has 0 bridgehead atoms. The number of likely N-dealkylation sites (tertiary alicyclic amines) is 1. The second-order valence-corrected chi connectivity index (χ2v) is 6.48. The fourth-order valence-corrected chi connectivity index (χ4v) is 3.21. The van der Waals surface area contributed by atoms with Gasteiger partial charge < -0.3 is 14.5 Å². The van der Waals surface area contributed by atoms with E-state index >= 15 is 0 Å². The number of rotatable bonds is 8. The normalized spacial score (nSPS) is 16.2. The van der Waals surface area contributed by atoms with Gasteiger partial charge in [-0.2, -0.15) is 0 Å². The van der Waals surface area contributed by atoms with Gasteiger partial charge in [0.15, 0.2) is 0 Å². The summed E-state index contributed by atoms with van der Waals surface area (Å²) in [5.74, 6) is 1.06. The number of hydrogen-bond donors (Lipinski definition) is 1. The molecule has 1 saturated heterocycles. The molecule has 1 atom stereocenters. The van der Waals surface area contributed by atoms with Gasteiger partial charge in [-0.05, 0) is 62.3 Å². The average Bonchev–Trinajstić information content (AvgIpc) is 3.19. The van der Waals surface area contributed by atoms with Gasteiger partial charge in [0.2, 0.25) is 5.91 Å². The zero-order valence-electron chi connectivity index (χ0n) is 14.8. The highest BCUT2D eigenvalue weighted by atomic mass is 19.1. The molecule has 140 valence electrons. The maximum absolute atomic E-state index is 12.9. The highest BCUT2D eigenvalue weighted by molar-refractivity contribution is 5.76. The number of benzene rings is 1. The second kappa shape index (κ2) is 9.38. The molecule has 0 radical (unpaired) electrons. The van der Waals surface area contributed by atoms with E-state index in [9.17, 15) is 9.18 Å². The molecule has 0 saturated carbocycles. The largest absolute Gasteiger partial charge is 0.493 e. The van der Waals surface area contributed by atoms with Gasteiger partial charge in [-0.3, -0.25) is 9.69 Å². The van der Waals surface area contributed by atoms with E-state index in [-0.39, 0.29) is 30.8 Å². The van der Waals surface area contributed by atoms with Gasteiger partial charge in [0, 0.05) is 6.54 Å². The van der Waals surface area contributed by atoms with Crippen LogP contribution in [-0.4, -0.2) is 37.0 Å². The minimum absolute atomic E-state index is 0.0623. The minimum Gasteiger partial charge on any atom is -0.493 e. The van der Waals surface area contributed by atoms with Crippen LogP contribution in [0, 0.1) is 5.82 Å². The maximum Gasteiger partial charge on any atom is 0.223 e. The van der Waals surface area contributed by atoms with Crippen molar-refractivity contribution in [3.05, 3.63) is 54.2 Å². The number of amides is 1. The smallest absolute Gasteiger partial charge is 0.223 e. The van der Waals surface area contributed by atoms with Crippen LogP contribution in [-0.2, 0) is 4.79 Å². The molecule has 1 aliphatic rings. The van der Waals surface area contributed by atoms with E-state index < -0.39 is 0 Å². The van der Waals surface area contributed by atoms with Crippen molar-refractivity contribution in [1.82, 2.24) is 10.2 Å². The number of halogens is 1. The van der Waals surface area contributed by atoms with Gasteiger partial charge in [0.1, 0.15) is 17.3 Å². The van der Waals surface area contributed by atoms with E-state index in [4.69, 9.17) is 9.15 Å². The van der Waals surface area contributed by atoms with E-state index in [1.165, 1.54) is 31.4 Å². The van der Waals surface area contributed by atoms with Crippen molar-refractivity contribution in [3.63, 3.8) is 0 Å². The summed E-state index contributed by atoms with van der Waals surface area (Å²) in [5.41, 5.74) is 0. The van der Waals surface area contributed by atoms with Crippen molar-refractivity contribution < 1.29 is 18.3 Å². The molecule has 26 heavy (non-hydrogen) atoms. The lowest BCUT2D eigenvalue weighted by atomic mass is 10.1. The Hall–Kier alpha value is -2.34. The SMILES string of the molecule is O=C(CCOc1ccc(F)cc1)NCC(c1ccco1)N1CCCCC1. The first-order valence-corrected chi connectivity index (χ1v) is 9.15. The van der Waals surface area contributed by atoms with Crippen LogP contribution in [0.1, 0.15) is 37.5 Å². The quantitative estimate of drug-likeness (QED) is 0.782. The predicted octanol–water partition coefficient (Wildman–Crippen LogP) is 3.53. The molecule has 0 spiro atoms. The fraction of sp³-hybridized carbons (Fsp3) is 0.450. The van der Waals surface area contributed by atoms with Crippen molar-refractivity contribution in [2.75, 3.05) is 26.2 Å². The Kier molecular flexibility index (Phi) is 6.66. The number of carbonyl (C=O) groups excluding carboxylic acids is 1. The first-order chi connectivity index (χ1) is 12.7. The third-order valence-corrected chi connectivity index (χ3v) is 4.61. The zero-order chi connectivity index (χ0) is 18.2. The van der Waals surface area contributed by atoms with Crippen LogP contribution in [0.4, 0.5) is 4.39 Å². The zero-order valence-corrected chi connectivity index (χ0v) is 14.8. The Morgan fingerprint density at radius 1 is 1.19 bits per heavy atom. The van der Waals surface area contributed by atoms with Crippen molar-refractivity contribution in [2.45, 2.75) is 31.7 Å². The Morgan fingerprint density at radius 2 is 1.96 bits per heavy atom. The standard InChI is InChI=1S/C20H25FN2O3/c21-16-6-8-17(9-7-16)25-14-10-20(24)22-15-18(19-5-4-13-26-19)23-11-2-1-3-12-23/h4-9,13,18H,1-3,10-12,14-15H2,(H,22,24). The number of piperidine rings is 1. The molecular weight excluding hydrogens is 335 g/mol. The molecule has 2 aromatic rings. The molecule has 0 aliphatic carbocycles. The van der Waals surface area contributed by atoms with Crippen LogP contribution < -0.4 is 10.1 Å². The lowest BCUT2D eigenvalue weighted by Gasteiger charge is -2.33. The van der Waals surface area contributed by atoms with Crippen LogP contribution in [0.15, 0.2) is 47.1 Å². The van der Waals surface area contributed by atoms with Gasteiger partial charge in [-0.15, -0.1) is 0 Å². The highest BCUT2D eigenvalue weighted by Gasteiger charge is 2.24. The summed E-state index contributed by atoms with van der Waals surface area (Å²) in [5, 5.41) is 2.98. The fourth-order valence-electron chi connectivity index (χ4n) is 3.21. The van der Waals surface area contributed by atoms with Gasteiger partial charge >= 0.3 is 0 Å². The predicted molar refractivity (Wildman–Crippen MR) is 96.4 cm³/mol. The van der Waals surface area contributed by atoms with Gasteiger partial charge in [0.05, 0.1) is 25.3 Å². The minimum atomic E-state index is -0.309. The van der Waals surface area contributed by atoms with Crippen molar-refractivity contribution in [3.8, 4) is 5.75 Å². The topological polar surface area (TPSA) is 54.7 Å². The van der Waals surface area contributed by atoms with E-state index in [2.05, 4.69) is 10.2 Å². The van der Waals surface area contributed by atoms with Crippen LogP contribution >= 0.6 is 0 Å². The first-order valence-electron chi connectivity index (χ1n) is 9.15. The monoisotopic (exact) mass is 360 g/mol. The molecule has 1 fully saturated rings. The number of nitrogens with one attached hydrogen (secondary N) is 1. The second-order valence-electron chi connectivity index (χ2n) is 6.48. The molecule has 1 aromatic heterocycles. The number of ether oxygens (including phenoxy) is 1. The van der Waals surface area contributed by atoms with Gasteiger partial charge in [0.25, 0.3) is 0 Å². The van der Waals surface area contributed by atoms with Crippen molar-refractivity contribution in [1.29, 1.82) is 0 Å². The van der Waals surface area contributed by atoms with Crippen LogP contribution in [0.25, 0.3) is 0 Å². The number of nitrogens with zero attached hydrogens (tertiary/aromatic N) is 1. The number of furan rings is 1. The first kappa shape index (κ1) is 18.5. The van der Waals surface area contributed by atoms with Crippen LogP contribution in [0.3, 0.4) is 0 Å². The van der Waals surface area contributed by atoms with E-state index in [1.54, 1.807) is 18.4 Å². The molecule has 1 aromatic carbocycles. The molecule has 1 amide bonds. The summed E-state index contributed by atoms with van der Waals surface area (Å²) < 4.78 is 23.9. The van der Waals surface area contributed by atoms with Gasteiger partial charge in [-0.25, -0.2) is 4.39 Å². The summed E-state index contributed by atoms with van der Waals surface area (Å²) in [7, 11) is 0. The highest BCUT2D eigenvalue weighted by Crippen LogP contribution is 2.24. The van der Waals surface area contributed by atoms with Gasteiger partial charge in [-0.1, -0.05) is 6.42 Å². The summed E-state index contributed by atoms with van der Waals surface area (Å²) in [6, 6.07) is 9.68. The summed E-state index contributed by atoms with van der Waals surface area (Å²) in [6.07, 6.45) is 5.54. The Labute approximate surface area is 153 Å².